The van der Waals surface area contributed by atoms with Gasteiger partial charge in [0.1, 0.15) is 5.75 Å². The molecule has 0 spiro atoms. The highest BCUT2D eigenvalue weighted by atomic mass is 35.5. The Morgan fingerprint density at radius 2 is 1.89 bits per heavy atom. The highest BCUT2D eigenvalue weighted by molar-refractivity contribution is 6.33. The molecular weight excluding hydrogens is 364 g/mol. The molecule has 0 unspecified atom stereocenters. The van der Waals surface area contributed by atoms with Crippen LogP contribution in [0.15, 0.2) is 30.6 Å². The molecule has 3 aromatic rings. The Morgan fingerprint density at radius 1 is 1.15 bits per heavy atom. The fourth-order valence-corrected chi connectivity index (χ4v) is 3.31. The van der Waals surface area contributed by atoms with Crippen LogP contribution in [0.1, 0.15) is 26.7 Å². The van der Waals surface area contributed by atoms with E-state index in [4.69, 9.17) is 21.3 Å². The van der Waals surface area contributed by atoms with E-state index in [0.29, 0.717) is 22.5 Å². The first-order valence-electron chi connectivity index (χ1n) is 9.12. The number of aromatic nitrogens is 4. The van der Waals surface area contributed by atoms with Crippen LogP contribution in [0, 0.1) is 0 Å². The van der Waals surface area contributed by atoms with Crippen LogP contribution in [-0.2, 0) is 0 Å². The van der Waals surface area contributed by atoms with Gasteiger partial charge in [-0.25, -0.2) is 4.98 Å². The maximum atomic E-state index is 6.44. The van der Waals surface area contributed by atoms with Crippen LogP contribution >= 0.6 is 11.6 Å². The van der Waals surface area contributed by atoms with Crippen LogP contribution in [0.3, 0.4) is 0 Å². The molecule has 8 heteroatoms. The summed E-state index contributed by atoms with van der Waals surface area (Å²) in [6.45, 7) is 6.17. The molecule has 0 amide bonds. The second-order valence-corrected chi connectivity index (χ2v) is 6.69. The van der Waals surface area contributed by atoms with Gasteiger partial charge in [0.05, 0.1) is 17.8 Å². The van der Waals surface area contributed by atoms with E-state index in [1.807, 2.05) is 34.7 Å². The van der Waals surface area contributed by atoms with Crippen LogP contribution in [0.2, 0.25) is 5.02 Å². The number of imidazole rings is 1. The molecule has 0 saturated heterocycles. The minimum absolute atomic E-state index is 0.549. The largest absolute Gasteiger partial charge is 0.497 e. The number of nitrogens with zero attached hydrogens (tertiary/aromatic N) is 6. The molecule has 0 aliphatic rings. The van der Waals surface area contributed by atoms with Gasteiger partial charge in [-0.1, -0.05) is 25.4 Å². The molecule has 0 bridgehead atoms. The van der Waals surface area contributed by atoms with E-state index in [-0.39, 0.29) is 0 Å². The molecule has 3 rings (SSSR count). The zero-order valence-electron chi connectivity index (χ0n) is 16.2. The lowest BCUT2D eigenvalue weighted by atomic mass is 10.3. The predicted molar refractivity (Wildman–Crippen MR) is 110 cm³/mol. The third kappa shape index (κ3) is 3.93. The number of hydrogen-bond donors (Lipinski definition) is 0. The molecule has 2 heterocycles. The van der Waals surface area contributed by atoms with Gasteiger partial charge in [0.15, 0.2) is 0 Å². The molecule has 0 aliphatic heterocycles. The smallest absolute Gasteiger partial charge is 0.239 e. The van der Waals surface area contributed by atoms with Gasteiger partial charge in [-0.05, 0) is 25.0 Å². The molecule has 27 heavy (non-hydrogen) atoms. The van der Waals surface area contributed by atoms with Gasteiger partial charge in [0.2, 0.25) is 17.7 Å². The lowest BCUT2D eigenvalue weighted by molar-refractivity contribution is 0.415. The van der Waals surface area contributed by atoms with Crippen molar-refractivity contribution in [3.05, 3.63) is 35.6 Å². The third-order valence-electron chi connectivity index (χ3n) is 4.32. The second kappa shape index (κ2) is 8.43. The number of methoxy groups -OCH3 is 1. The van der Waals surface area contributed by atoms with Gasteiger partial charge in [-0.15, -0.1) is 0 Å². The van der Waals surface area contributed by atoms with Gasteiger partial charge in [0.25, 0.3) is 0 Å². The van der Waals surface area contributed by atoms with Crippen LogP contribution < -0.4 is 14.5 Å². The number of rotatable bonds is 8. The number of anilines is 3. The van der Waals surface area contributed by atoms with Gasteiger partial charge < -0.3 is 14.5 Å². The van der Waals surface area contributed by atoms with Gasteiger partial charge in [-0.3, -0.25) is 4.40 Å². The fraction of sp³-hybridized carbons (Fsp3) is 0.421. The van der Waals surface area contributed by atoms with Crippen molar-refractivity contribution in [3.63, 3.8) is 0 Å². The molecule has 0 N–H and O–H groups in total. The number of halogens is 1. The molecule has 0 atom stereocenters. The summed E-state index contributed by atoms with van der Waals surface area (Å²) in [7, 11) is 3.52. The Kier molecular flexibility index (Phi) is 6.01. The summed E-state index contributed by atoms with van der Waals surface area (Å²) < 4.78 is 7.16. The minimum Gasteiger partial charge on any atom is -0.497 e. The third-order valence-corrected chi connectivity index (χ3v) is 4.63. The van der Waals surface area contributed by atoms with Crippen molar-refractivity contribution >= 4 is 35.0 Å². The molecule has 0 saturated carbocycles. The highest BCUT2D eigenvalue weighted by Crippen LogP contribution is 2.32. The SMILES string of the molecule is CCCN(CCC)c1nc(N(C)c2ccc(OC)cc2Cl)nc2nccn12. The molecule has 0 fully saturated rings. The number of hydrogen-bond acceptors (Lipinski definition) is 6. The Bertz CT molecular complexity index is 906. The first kappa shape index (κ1) is 19.2. The highest BCUT2D eigenvalue weighted by Gasteiger charge is 2.18. The van der Waals surface area contributed by atoms with E-state index in [0.717, 1.165) is 37.6 Å². The Balaban J connectivity index is 2.06. The Labute approximate surface area is 164 Å². The van der Waals surface area contributed by atoms with Crippen LogP contribution in [0.25, 0.3) is 5.78 Å². The van der Waals surface area contributed by atoms with E-state index >= 15 is 0 Å². The van der Waals surface area contributed by atoms with Crippen LogP contribution in [0.4, 0.5) is 17.6 Å². The molecule has 0 aliphatic carbocycles. The summed E-state index contributed by atoms with van der Waals surface area (Å²) in [4.78, 5) is 18.0. The zero-order valence-corrected chi connectivity index (χ0v) is 16.9. The second-order valence-electron chi connectivity index (χ2n) is 6.28. The normalized spacial score (nSPS) is 11.0. The standard InChI is InChI=1S/C19H25ClN6O/c1-5-10-25(11-6-2)19-23-18(22-17-21-9-12-26(17)19)24(3)16-8-7-14(27-4)13-15(16)20/h7-9,12-13H,5-6,10-11H2,1-4H3. The summed E-state index contributed by atoms with van der Waals surface area (Å²) in [5, 5.41) is 0.573. The molecule has 1 aromatic carbocycles. The lowest BCUT2D eigenvalue weighted by Gasteiger charge is -2.25. The van der Waals surface area contributed by atoms with Gasteiger partial charge in [-0.2, -0.15) is 9.97 Å². The zero-order chi connectivity index (χ0) is 19.4. The molecule has 144 valence electrons. The molecule has 2 aromatic heterocycles. The van der Waals surface area contributed by atoms with Crippen molar-refractivity contribution in [1.82, 2.24) is 19.4 Å². The average Bonchev–Trinajstić information content (AvgIpc) is 3.15. The van der Waals surface area contributed by atoms with Crippen LogP contribution in [0.5, 0.6) is 5.75 Å². The van der Waals surface area contributed by atoms with E-state index < -0.39 is 0 Å². The predicted octanol–water partition coefficient (Wildman–Crippen LogP) is 4.18. The van der Waals surface area contributed by atoms with E-state index in [1.54, 1.807) is 19.4 Å². The monoisotopic (exact) mass is 388 g/mol. The summed E-state index contributed by atoms with van der Waals surface area (Å²) in [5.74, 6) is 2.71. The number of ether oxygens (including phenoxy) is 1. The Hall–Kier alpha value is -2.54. The first-order valence-corrected chi connectivity index (χ1v) is 9.50. The van der Waals surface area contributed by atoms with Crippen LogP contribution in [-0.4, -0.2) is 46.6 Å². The van der Waals surface area contributed by atoms with E-state index in [1.165, 1.54) is 0 Å². The average molecular weight is 389 g/mol. The van der Waals surface area contributed by atoms with E-state index in [2.05, 4.69) is 28.7 Å². The van der Waals surface area contributed by atoms with E-state index in [9.17, 15) is 0 Å². The first-order chi connectivity index (χ1) is 13.1. The summed E-state index contributed by atoms with van der Waals surface area (Å²) in [6, 6.07) is 5.55. The molecular formula is C19H25ClN6O. The fourth-order valence-electron chi connectivity index (χ4n) is 3.01. The summed E-state index contributed by atoms with van der Waals surface area (Å²) in [5.41, 5.74) is 0.803. The van der Waals surface area contributed by atoms with Gasteiger partial charge >= 0.3 is 0 Å². The van der Waals surface area contributed by atoms with Crippen molar-refractivity contribution in [2.45, 2.75) is 26.7 Å². The van der Waals surface area contributed by atoms with Crippen molar-refractivity contribution in [2.24, 2.45) is 0 Å². The molecule has 7 nitrogen and oxygen atoms in total. The van der Waals surface area contributed by atoms with Gasteiger partial charge in [0, 0.05) is 38.6 Å². The number of fused-ring (bicyclic) bond motifs is 1. The lowest BCUT2D eigenvalue weighted by Crippen LogP contribution is -2.29. The summed E-state index contributed by atoms with van der Waals surface area (Å²) in [6.07, 6.45) is 5.71. The van der Waals surface area contributed by atoms with Crippen molar-refractivity contribution in [1.29, 1.82) is 0 Å². The minimum atomic E-state index is 0.549. The molecule has 0 radical (unpaired) electrons. The quantitative estimate of drug-likeness (QED) is 0.577. The topological polar surface area (TPSA) is 58.8 Å². The van der Waals surface area contributed by atoms with Crippen molar-refractivity contribution in [3.8, 4) is 5.75 Å². The Morgan fingerprint density at radius 3 is 2.52 bits per heavy atom. The van der Waals surface area contributed by atoms with Crippen molar-refractivity contribution < 1.29 is 4.74 Å². The summed E-state index contributed by atoms with van der Waals surface area (Å²) >= 11 is 6.44. The maximum absolute atomic E-state index is 6.44. The van der Waals surface area contributed by atoms with Crippen molar-refractivity contribution in [2.75, 3.05) is 37.0 Å². The number of benzene rings is 1. The maximum Gasteiger partial charge on any atom is 0.239 e.